The topological polar surface area (TPSA) is 104 Å². The molecule has 0 saturated carbocycles. The summed E-state index contributed by atoms with van der Waals surface area (Å²) in [5, 5.41) is 12.3. The van der Waals surface area contributed by atoms with Crippen molar-refractivity contribution in [2.45, 2.75) is 0 Å². The highest BCUT2D eigenvalue weighted by Gasteiger charge is 2.03. The van der Waals surface area contributed by atoms with E-state index in [1.807, 2.05) is 24.3 Å². The summed E-state index contributed by atoms with van der Waals surface area (Å²) in [6.45, 7) is -0.346. The second-order valence-corrected chi connectivity index (χ2v) is 3.47. The number of hydrogen-bond donors (Lipinski definition) is 4. The predicted octanol–water partition coefficient (Wildman–Crippen LogP) is 0.979. The fourth-order valence-electron chi connectivity index (χ4n) is 1.51. The van der Waals surface area contributed by atoms with Gasteiger partial charge in [-0.15, -0.1) is 0 Å². The van der Waals surface area contributed by atoms with Crippen molar-refractivity contribution in [1.82, 2.24) is 4.98 Å². The minimum Gasteiger partial charge on any atom is -0.480 e. The number of nitrogens with one attached hydrogen (secondary N) is 2. The molecule has 0 aliphatic rings. The number of rotatable bonds is 3. The molecule has 0 bridgehead atoms. The zero-order valence-corrected chi connectivity index (χ0v) is 8.97. The maximum absolute atomic E-state index is 10.3. The molecule has 2 rings (SSSR count). The molecule has 0 spiro atoms. The number of H-pyrrole nitrogens is 1. The number of para-hydroxylation sites is 1. The summed E-state index contributed by atoms with van der Waals surface area (Å²) in [5.41, 5.74) is 7.31. The average molecular weight is 232 g/mol. The van der Waals surface area contributed by atoms with Crippen molar-refractivity contribution in [1.29, 1.82) is 0 Å². The Balaban J connectivity index is 2.18. The van der Waals surface area contributed by atoms with Gasteiger partial charge in [0.15, 0.2) is 5.96 Å². The summed E-state index contributed by atoms with van der Waals surface area (Å²) in [7, 11) is 0. The third kappa shape index (κ3) is 2.54. The molecule has 1 aromatic carbocycles. The molecule has 0 saturated heterocycles. The first-order valence-corrected chi connectivity index (χ1v) is 5.01. The number of hydrogen-bond acceptors (Lipinski definition) is 2. The van der Waals surface area contributed by atoms with E-state index < -0.39 is 5.97 Å². The van der Waals surface area contributed by atoms with Crippen molar-refractivity contribution in [3.63, 3.8) is 0 Å². The molecule has 0 aliphatic heterocycles. The predicted molar refractivity (Wildman–Crippen MR) is 66.0 cm³/mol. The van der Waals surface area contributed by atoms with E-state index in [4.69, 9.17) is 10.8 Å². The molecule has 88 valence electrons. The summed E-state index contributed by atoms with van der Waals surface area (Å²) < 4.78 is 0. The number of nitrogens with two attached hydrogens (primary N) is 1. The fourth-order valence-corrected chi connectivity index (χ4v) is 1.51. The molecule has 0 atom stereocenters. The van der Waals surface area contributed by atoms with Gasteiger partial charge < -0.3 is 21.1 Å². The van der Waals surface area contributed by atoms with E-state index in [1.165, 1.54) is 0 Å². The molecule has 1 aromatic heterocycles. The molecule has 0 radical (unpaired) electrons. The quantitative estimate of drug-likeness (QED) is 0.467. The molecule has 6 heteroatoms. The second kappa shape index (κ2) is 4.56. The lowest BCUT2D eigenvalue weighted by molar-refractivity contribution is -0.135. The third-order valence-electron chi connectivity index (χ3n) is 2.24. The Labute approximate surface area is 97.2 Å². The molecule has 2 aromatic rings. The average Bonchev–Trinajstić information content (AvgIpc) is 2.70. The van der Waals surface area contributed by atoms with E-state index in [0.29, 0.717) is 0 Å². The van der Waals surface area contributed by atoms with Gasteiger partial charge in [-0.25, -0.2) is 4.99 Å². The van der Waals surface area contributed by atoms with Gasteiger partial charge in [0.25, 0.3) is 0 Å². The number of aliphatic carboxylic acids is 1. The summed E-state index contributed by atoms with van der Waals surface area (Å²) in [4.78, 5) is 17.1. The van der Waals surface area contributed by atoms with Crippen LogP contribution >= 0.6 is 0 Å². The Kier molecular flexibility index (Phi) is 2.95. The van der Waals surface area contributed by atoms with E-state index in [0.717, 1.165) is 16.6 Å². The van der Waals surface area contributed by atoms with Crippen LogP contribution in [0.2, 0.25) is 0 Å². The summed E-state index contributed by atoms with van der Waals surface area (Å²) in [6.07, 6.45) is 1.76. The van der Waals surface area contributed by atoms with Gasteiger partial charge in [-0.05, 0) is 6.07 Å². The second-order valence-electron chi connectivity index (χ2n) is 3.47. The van der Waals surface area contributed by atoms with Gasteiger partial charge in [0, 0.05) is 17.1 Å². The summed E-state index contributed by atoms with van der Waals surface area (Å²) in [5.74, 6) is -0.939. The van der Waals surface area contributed by atoms with Crippen LogP contribution < -0.4 is 11.1 Å². The number of nitrogens with zero attached hydrogens (tertiary/aromatic N) is 1. The van der Waals surface area contributed by atoms with Crippen LogP contribution in [0.4, 0.5) is 5.69 Å². The van der Waals surface area contributed by atoms with Crippen LogP contribution in [0.5, 0.6) is 0 Å². The fraction of sp³-hybridized carbons (Fsp3) is 0.0909. The third-order valence-corrected chi connectivity index (χ3v) is 2.24. The Morgan fingerprint density at radius 1 is 1.47 bits per heavy atom. The highest BCUT2D eigenvalue weighted by molar-refractivity contribution is 6.02. The number of benzene rings is 1. The van der Waals surface area contributed by atoms with Gasteiger partial charge in [0.2, 0.25) is 0 Å². The zero-order chi connectivity index (χ0) is 12.3. The van der Waals surface area contributed by atoms with Crippen molar-refractivity contribution < 1.29 is 9.90 Å². The minimum atomic E-state index is -1.02. The Bertz CT molecular complexity index is 574. The zero-order valence-electron chi connectivity index (χ0n) is 8.97. The molecule has 17 heavy (non-hydrogen) atoms. The molecule has 1 heterocycles. The van der Waals surface area contributed by atoms with E-state index in [9.17, 15) is 4.79 Å². The Hall–Kier alpha value is -2.50. The largest absolute Gasteiger partial charge is 0.480 e. The number of aromatic amines is 1. The van der Waals surface area contributed by atoms with Crippen LogP contribution in [0.25, 0.3) is 10.9 Å². The molecule has 5 N–H and O–H groups in total. The smallest absolute Gasteiger partial charge is 0.325 e. The maximum atomic E-state index is 10.3. The number of carboxylic acids is 1. The number of anilines is 1. The van der Waals surface area contributed by atoms with E-state index in [-0.39, 0.29) is 12.5 Å². The maximum Gasteiger partial charge on any atom is 0.325 e. The van der Waals surface area contributed by atoms with Crippen LogP contribution in [0.15, 0.2) is 35.5 Å². The number of aliphatic imine (C=N–C) groups is 1. The van der Waals surface area contributed by atoms with Crippen LogP contribution in [0.1, 0.15) is 0 Å². The monoisotopic (exact) mass is 232 g/mol. The first-order chi connectivity index (χ1) is 8.16. The van der Waals surface area contributed by atoms with Crippen molar-refractivity contribution in [2.24, 2.45) is 10.7 Å². The Morgan fingerprint density at radius 2 is 2.24 bits per heavy atom. The molecular formula is C11H12N4O2. The lowest BCUT2D eigenvalue weighted by atomic mass is 10.2. The number of aromatic nitrogens is 1. The highest BCUT2D eigenvalue weighted by atomic mass is 16.4. The first-order valence-electron chi connectivity index (χ1n) is 5.01. The van der Waals surface area contributed by atoms with Gasteiger partial charge in [-0.2, -0.15) is 0 Å². The molecule has 0 fully saturated rings. The summed E-state index contributed by atoms with van der Waals surface area (Å²) in [6, 6.07) is 7.69. The van der Waals surface area contributed by atoms with Crippen LogP contribution in [-0.2, 0) is 4.79 Å². The molecule has 6 nitrogen and oxygen atoms in total. The van der Waals surface area contributed by atoms with E-state index in [1.54, 1.807) is 6.20 Å². The highest BCUT2D eigenvalue weighted by Crippen LogP contribution is 2.21. The van der Waals surface area contributed by atoms with E-state index in [2.05, 4.69) is 15.3 Å². The van der Waals surface area contributed by atoms with Gasteiger partial charge >= 0.3 is 5.97 Å². The lowest BCUT2D eigenvalue weighted by Crippen LogP contribution is -2.23. The van der Waals surface area contributed by atoms with Crippen LogP contribution in [0, 0.1) is 0 Å². The number of guanidine groups is 1. The standard InChI is InChI=1S/C11H12N4O2/c12-11(14-6-10(16)17)15-9-5-13-8-4-2-1-3-7(8)9/h1-5,13H,6H2,(H,16,17)(H3,12,14,15). The van der Waals surface area contributed by atoms with Crippen molar-refractivity contribution in [2.75, 3.05) is 11.9 Å². The molecular weight excluding hydrogens is 220 g/mol. The first kappa shape index (κ1) is 11.0. The van der Waals surface area contributed by atoms with Crippen molar-refractivity contribution >= 4 is 28.5 Å². The number of carbonyl (C=O) groups is 1. The van der Waals surface area contributed by atoms with E-state index >= 15 is 0 Å². The molecule has 0 unspecified atom stereocenters. The van der Waals surface area contributed by atoms with Gasteiger partial charge in [-0.3, -0.25) is 4.79 Å². The SMILES string of the molecule is NC(=NCC(=O)O)Nc1c[nH]c2ccccc12. The van der Waals surface area contributed by atoms with Crippen molar-refractivity contribution in [3.8, 4) is 0 Å². The molecule has 0 aliphatic carbocycles. The van der Waals surface area contributed by atoms with Gasteiger partial charge in [-0.1, -0.05) is 18.2 Å². The van der Waals surface area contributed by atoms with Crippen LogP contribution in [-0.4, -0.2) is 28.6 Å². The van der Waals surface area contributed by atoms with Crippen molar-refractivity contribution in [3.05, 3.63) is 30.5 Å². The minimum absolute atomic E-state index is 0.0807. The lowest BCUT2D eigenvalue weighted by Gasteiger charge is -2.02. The normalized spacial score (nSPS) is 11.6. The van der Waals surface area contributed by atoms with Gasteiger partial charge in [0.1, 0.15) is 6.54 Å². The molecule has 0 amide bonds. The Morgan fingerprint density at radius 3 is 3.00 bits per heavy atom. The van der Waals surface area contributed by atoms with Gasteiger partial charge in [0.05, 0.1) is 5.69 Å². The number of fused-ring (bicyclic) bond motifs is 1. The summed E-state index contributed by atoms with van der Waals surface area (Å²) >= 11 is 0. The van der Waals surface area contributed by atoms with Crippen LogP contribution in [0.3, 0.4) is 0 Å². The number of carboxylic acid groups (broad SMARTS) is 1.